The highest BCUT2D eigenvalue weighted by molar-refractivity contribution is 5.43. The van der Waals surface area contributed by atoms with Crippen LogP contribution in [0.15, 0.2) is 36.7 Å². The molecule has 2 N–H and O–H groups in total. The zero-order chi connectivity index (χ0) is 14.5. The molecule has 1 aromatic heterocycles. The summed E-state index contributed by atoms with van der Waals surface area (Å²) in [5, 5.41) is 0. The van der Waals surface area contributed by atoms with E-state index >= 15 is 0 Å². The number of hydrogen-bond donors (Lipinski definition) is 1. The third kappa shape index (κ3) is 3.45. The summed E-state index contributed by atoms with van der Waals surface area (Å²) in [5.74, 6) is 0.802. The predicted octanol–water partition coefficient (Wildman–Crippen LogP) is 2.83. The summed E-state index contributed by atoms with van der Waals surface area (Å²) in [6.45, 7) is 2.12. The fourth-order valence-electron chi connectivity index (χ4n) is 1.78. The monoisotopic (exact) mass is 276 g/mol. The summed E-state index contributed by atoms with van der Waals surface area (Å²) in [6, 6.07) is 6.82. The lowest BCUT2D eigenvalue weighted by Gasteiger charge is -2.13. The van der Waals surface area contributed by atoms with E-state index in [0.29, 0.717) is 17.1 Å². The fraction of sp³-hybridized carbons (Fsp3) is 0.267. The van der Waals surface area contributed by atoms with E-state index < -0.39 is 0 Å². The average molecular weight is 276 g/mol. The number of hydrogen-bond acceptors (Lipinski definition) is 4. The molecule has 0 unspecified atom stereocenters. The van der Waals surface area contributed by atoms with E-state index in [-0.39, 0.29) is 18.5 Å². The van der Waals surface area contributed by atoms with Gasteiger partial charge in [-0.05, 0) is 30.7 Å². The van der Waals surface area contributed by atoms with Crippen LogP contribution in [0.4, 0.5) is 4.39 Å². The van der Waals surface area contributed by atoms with Crippen LogP contribution >= 0.6 is 0 Å². The Morgan fingerprint density at radius 3 is 2.70 bits per heavy atom. The zero-order valence-electron chi connectivity index (χ0n) is 11.5. The molecule has 0 saturated carbocycles. The molecule has 4 nitrogen and oxygen atoms in total. The second-order valence-corrected chi connectivity index (χ2v) is 4.50. The fourth-order valence-corrected chi connectivity index (χ4v) is 1.78. The number of rotatable bonds is 5. The molecule has 2 aromatic rings. The first-order valence-electron chi connectivity index (χ1n) is 6.26. The van der Waals surface area contributed by atoms with Crippen molar-refractivity contribution in [2.24, 2.45) is 5.73 Å². The first-order chi connectivity index (χ1) is 9.60. The highest BCUT2D eigenvalue weighted by Crippen LogP contribution is 2.30. The summed E-state index contributed by atoms with van der Waals surface area (Å²) < 4.78 is 23.9. The number of aromatic nitrogens is 1. The molecule has 0 saturated heterocycles. The minimum absolute atomic E-state index is 0.0784. The van der Waals surface area contributed by atoms with E-state index in [4.69, 9.17) is 15.2 Å². The second kappa shape index (κ2) is 6.34. The first kappa shape index (κ1) is 14.3. The van der Waals surface area contributed by atoms with Crippen molar-refractivity contribution < 1.29 is 13.9 Å². The Labute approximate surface area is 117 Å². The molecule has 0 aliphatic carbocycles. The molecular weight excluding hydrogens is 259 g/mol. The van der Waals surface area contributed by atoms with Gasteiger partial charge in [0.2, 0.25) is 0 Å². The maximum absolute atomic E-state index is 13.0. The van der Waals surface area contributed by atoms with Crippen LogP contribution in [0.5, 0.6) is 11.5 Å². The molecule has 1 atom stereocenters. The van der Waals surface area contributed by atoms with Gasteiger partial charge in [-0.25, -0.2) is 4.39 Å². The summed E-state index contributed by atoms with van der Waals surface area (Å²) in [6.07, 6.45) is 2.72. The lowest BCUT2D eigenvalue weighted by Crippen LogP contribution is -2.06. The van der Waals surface area contributed by atoms with Gasteiger partial charge in [-0.2, -0.15) is 0 Å². The van der Waals surface area contributed by atoms with Crippen LogP contribution in [0.3, 0.4) is 0 Å². The first-order valence-corrected chi connectivity index (χ1v) is 6.26. The van der Waals surface area contributed by atoms with Gasteiger partial charge in [0.15, 0.2) is 11.5 Å². The topological polar surface area (TPSA) is 57.4 Å². The van der Waals surface area contributed by atoms with Crippen molar-refractivity contribution in [1.82, 2.24) is 4.98 Å². The predicted molar refractivity (Wildman–Crippen MR) is 74.1 cm³/mol. The minimum atomic E-state index is -0.384. The Balaban J connectivity index is 2.13. The Morgan fingerprint density at radius 2 is 2.05 bits per heavy atom. The van der Waals surface area contributed by atoms with Gasteiger partial charge >= 0.3 is 0 Å². The molecule has 0 aliphatic heterocycles. The van der Waals surface area contributed by atoms with Crippen molar-refractivity contribution in [3.05, 3.63) is 53.6 Å². The number of halogens is 1. The molecule has 20 heavy (non-hydrogen) atoms. The molecular formula is C15H17FN2O2. The van der Waals surface area contributed by atoms with Gasteiger partial charge in [-0.15, -0.1) is 0 Å². The van der Waals surface area contributed by atoms with Crippen LogP contribution in [0.25, 0.3) is 0 Å². The molecule has 2 rings (SSSR count). The highest BCUT2D eigenvalue weighted by atomic mass is 19.1. The molecule has 0 bridgehead atoms. The van der Waals surface area contributed by atoms with E-state index in [9.17, 15) is 4.39 Å². The van der Waals surface area contributed by atoms with Gasteiger partial charge in [0.05, 0.1) is 13.3 Å². The zero-order valence-corrected chi connectivity index (χ0v) is 11.5. The normalized spacial score (nSPS) is 12.0. The Kier molecular flexibility index (Phi) is 4.53. The largest absolute Gasteiger partial charge is 0.493 e. The molecule has 0 radical (unpaired) electrons. The number of nitrogens with two attached hydrogens (primary N) is 1. The highest BCUT2D eigenvalue weighted by Gasteiger charge is 2.08. The summed E-state index contributed by atoms with van der Waals surface area (Å²) >= 11 is 0. The lowest BCUT2D eigenvalue weighted by atomic mass is 10.1. The molecule has 0 aliphatic rings. The lowest BCUT2D eigenvalue weighted by molar-refractivity contribution is 0.283. The van der Waals surface area contributed by atoms with Gasteiger partial charge in [-0.1, -0.05) is 6.07 Å². The van der Waals surface area contributed by atoms with Gasteiger partial charge in [0.25, 0.3) is 0 Å². The maximum atomic E-state index is 13.0. The van der Waals surface area contributed by atoms with Crippen LogP contribution < -0.4 is 15.2 Å². The van der Waals surface area contributed by atoms with Gasteiger partial charge < -0.3 is 15.2 Å². The SMILES string of the molecule is COc1cc([C@@H](C)N)ccc1OCc1cncc(F)c1. The molecule has 0 spiro atoms. The van der Waals surface area contributed by atoms with Crippen molar-refractivity contribution in [3.8, 4) is 11.5 Å². The van der Waals surface area contributed by atoms with E-state index in [0.717, 1.165) is 11.8 Å². The maximum Gasteiger partial charge on any atom is 0.161 e. The number of ether oxygens (including phenoxy) is 2. The minimum Gasteiger partial charge on any atom is -0.493 e. The summed E-state index contributed by atoms with van der Waals surface area (Å²) in [5.41, 5.74) is 7.44. The smallest absolute Gasteiger partial charge is 0.161 e. The van der Waals surface area contributed by atoms with Crippen LogP contribution in [0, 0.1) is 5.82 Å². The number of nitrogens with zero attached hydrogens (tertiary/aromatic N) is 1. The molecule has 0 fully saturated rings. The van der Waals surface area contributed by atoms with Crippen molar-refractivity contribution >= 4 is 0 Å². The second-order valence-electron chi connectivity index (χ2n) is 4.50. The number of methoxy groups -OCH3 is 1. The van der Waals surface area contributed by atoms with E-state index in [1.165, 1.54) is 6.07 Å². The van der Waals surface area contributed by atoms with E-state index in [1.807, 2.05) is 19.1 Å². The van der Waals surface area contributed by atoms with Gasteiger partial charge in [-0.3, -0.25) is 4.98 Å². The van der Waals surface area contributed by atoms with Crippen LogP contribution in [0.1, 0.15) is 24.1 Å². The molecule has 0 amide bonds. The average Bonchev–Trinajstić information content (AvgIpc) is 2.45. The molecule has 1 heterocycles. The van der Waals surface area contributed by atoms with E-state index in [2.05, 4.69) is 4.98 Å². The standard InChI is InChI=1S/C15H17FN2O2/c1-10(17)12-3-4-14(15(6-12)19-2)20-9-11-5-13(16)8-18-7-11/h3-8,10H,9,17H2,1-2H3/t10-/m1/s1. The number of benzene rings is 1. The molecule has 1 aromatic carbocycles. The van der Waals surface area contributed by atoms with Crippen molar-refractivity contribution in [2.75, 3.05) is 7.11 Å². The summed E-state index contributed by atoms with van der Waals surface area (Å²) in [4.78, 5) is 3.77. The van der Waals surface area contributed by atoms with Crippen LogP contribution in [0.2, 0.25) is 0 Å². The number of pyridine rings is 1. The van der Waals surface area contributed by atoms with Crippen LogP contribution in [-0.2, 0) is 6.61 Å². The molecule has 106 valence electrons. The third-order valence-electron chi connectivity index (χ3n) is 2.87. The Bertz CT molecular complexity index is 588. The Hall–Kier alpha value is -2.14. The quantitative estimate of drug-likeness (QED) is 0.912. The van der Waals surface area contributed by atoms with Crippen LogP contribution in [-0.4, -0.2) is 12.1 Å². The third-order valence-corrected chi connectivity index (χ3v) is 2.87. The molecule has 5 heteroatoms. The van der Waals surface area contributed by atoms with Gasteiger partial charge in [0.1, 0.15) is 12.4 Å². The van der Waals surface area contributed by atoms with E-state index in [1.54, 1.807) is 19.4 Å². The summed E-state index contributed by atoms with van der Waals surface area (Å²) in [7, 11) is 1.57. The van der Waals surface area contributed by atoms with Gasteiger partial charge in [0, 0.05) is 17.8 Å². The van der Waals surface area contributed by atoms with Crippen molar-refractivity contribution in [2.45, 2.75) is 19.6 Å². The Morgan fingerprint density at radius 1 is 1.25 bits per heavy atom. The van der Waals surface area contributed by atoms with Crippen molar-refractivity contribution in [3.63, 3.8) is 0 Å². The van der Waals surface area contributed by atoms with Crippen molar-refractivity contribution in [1.29, 1.82) is 0 Å².